The smallest absolute Gasteiger partial charge is 0.227 e. The van der Waals surface area contributed by atoms with E-state index in [4.69, 9.17) is 4.52 Å². The third kappa shape index (κ3) is 3.96. The number of aromatic nitrogens is 2. The molecule has 0 bridgehead atoms. The highest BCUT2D eigenvalue weighted by Crippen LogP contribution is 2.17. The minimum absolute atomic E-state index is 0.00656. The number of hydrogen-bond acceptors (Lipinski definition) is 5. The number of carbonyl (C=O) groups excluding carboxylic acids is 1. The molecule has 6 nitrogen and oxygen atoms in total. The first-order valence-electron chi connectivity index (χ1n) is 8.02. The number of fused-ring (bicyclic) bond motifs is 1. The van der Waals surface area contributed by atoms with Gasteiger partial charge in [-0.15, -0.1) is 0 Å². The minimum Gasteiger partial charge on any atom is -0.352 e. The van der Waals surface area contributed by atoms with E-state index in [9.17, 15) is 4.79 Å². The third-order valence-corrected chi connectivity index (χ3v) is 3.96. The zero-order valence-electron chi connectivity index (χ0n) is 13.6. The summed E-state index contributed by atoms with van der Waals surface area (Å²) in [6.07, 6.45) is 0.825. The van der Waals surface area contributed by atoms with Gasteiger partial charge in [0.1, 0.15) is 0 Å². The summed E-state index contributed by atoms with van der Waals surface area (Å²) >= 11 is 0. The van der Waals surface area contributed by atoms with Gasteiger partial charge in [-0.3, -0.25) is 4.79 Å². The summed E-state index contributed by atoms with van der Waals surface area (Å²) in [5.41, 5.74) is 3.79. The van der Waals surface area contributed by atoms with Crippen molar-refractivity contribution in [2.45, 2.75) is 52.2 Å². The number of aryl methyl sites for hydroxylation is 1. The minimum atomic E-state index is -0.00656. The van der Waals surface area contributed by atoms with Crippen LogP contribution in [0.4, 0.5) is 0 Å². The number of rotatable bonds is 6. The molecule has 1 aliphatic rings. The largest absolute Gasteiger partial charge is 0.352 e. The van der Waals surface area contributed by atoms with Gasteiger partial charge < -0.3 is 15.2 Å². The van der Waals surface area contributed by atoms with Gasteiger partial charge in [-0.05, 0) is 16.7 Å². The lowest BCUT2D eigenvalue weighted by molar-refractivity contribution is -0.121. The quantitative estimate of drug-likeness (QED) is 0.853. The molecule has 0 saturated carbocycles. The van der Waals surface area contributed by atoms with Crippen LogP contribution in [0.5, 0.6) is 0 Å². The molecule has 0 unspecified atom stereocenters. The van der Waals surface area contributed by atoms with Crippen LogP contribution < -0.4 is 10.6 Å². The van der Waals surface area contributed by atoms with E-state index in [-0.39, 0.29) is 11.8 Å². The van der Waals surface area contributed by atoms with E-state index < -0.39 is 0 Å². The van der Waals surface area contributed by atoms with Crippen molar-refractivity contribution in [2.24, 2.45) is 0 Å². The summed E-state index contributed by atoms with van der Waals surface area (Å²) in [6, 6.07) is 6.35. The summed E-state index contributed by atoms with van der Waals surface area (Å²) < 4.78 is 5.14. The number of nitrogens with zero attached hydrogens (tertiary/aromatic N) is 2. The SMILES string of the molecule is CC(C)c1noc(CCC(=O)NCc2ccc3c(c2)CNC3)n1. The molecule has 1 amide bonds. The van der Waals surface area contributed by atoms with Crippen LogP contribution in [0.1, 0.15) is 54.6 Å². The Morgan fingerprint density at radius 1 is 1.35 bits per heavy atom. The van der Waals surface area contributed by atoms with Crippen LogP contribution in [-0.4, -0.2) is 16.0 Å². The molecule has 0 saturated heterocycles. The van der Waals surface area contributed by atoms with Gasteiger partial charge in [0, 0.05) is 38.4 Å². The predicted molar refractivity (Wildman–Crippen MR) is 85.5 cm³/mol. The van der Waals surface area contributed by atoms with Crippen molar-refractivity contribution in [1.29, 1.82) is 0 Å². The predicted octanol–water partition coefficient (Wildman–Crippen LogP) is 2.05. The van der Waals surface area contributed by atoms with Gasteiger partial charge in [-0.2, -0.15) is 4.98 Å². The van der Waals surface area contributed by atoms with Crippen LogP contribution in [0.15, 0.2) is 22.7 Å². The second-order valence-electron chi connectivity index (χ2n) is 6.18. The average Bonchev–Trinajstić information content (AvgIpc) is 3.19. The van der Waals surface area contributed by atoms with Crippen molar-refractivity contribution < 1.29 is 9.32 Å². The van der Waals surface area contributed by atoms with Crippen LogP contribution in [0.3, 0.4) is 0 Å². The molecule has 23 heavy (non-hydrogen) atoms. The molecule has 0 atom stereocenters. The van der Waals surface area contributed by atoms with Crippen LogP contribution in [0.25, 0.3) is 0 Å². The lowest BCUT2D eigenvalue weighted by Gasteiger charge is -2.06. The van der Waals surface area contributed by atoms with Crippen LogP contribution in [0, 0.1) is 0 Å². The van der Waals surface area contributed by atoms with Crippen LogP contribution in [-0.2, 0) is 30.8 Å². The number of hydrogen-bond donors (Lipinski definition) is 2. The van der Waals surface area contributed by atoms with Gasteiger partial charge in [0.05, 0.1) is 0 Å². The molecule has 2 N–H and O–H groups in total. The van der Waals surface area contributed by atoms with Crippen molar-refractivity contribution in [3.8, 4) is 0 Å². The normalized spacial score (nSPS) is 13.3. The summed E-state index contributed by atoms with van der Waals surface area (Å²) in [5, 5.41) is 10.2. The molecule has 1 aromatic heterocycles. The van der Waals surface area contributed by atoms with Gasteiger partial charge in [0.25, 0.3) is 0 Å². The van der Waals surface area contributed by atoms with Crippen molar-refractivity contribution in [3.05, 3.63) is 46.6 Å². The van der Waals surface area contributed by atoms with Crippen molar-refractivity contribution in [3.63, 3.8) is 0 Å². The lowest BCUT2D eigenvalue weighted by atomic mass is 10.1. The van der Waals surface area contributed by atoms with E-state index >= 15 is 0 Å². The Hall–Kier alpha value is -2.21. The van der Waals surface area contributed by atoms with Crippen molar-refractivity contribution >= 4 is 5.91 Å². The number of nitrogens with one attached hydrogen (secondary N) is 2. The highest BCUT2D eigenvalue weighted by atomic mass is 16.5. The Kier molecular flexibility index (Phi) is 4.71. The Balaban J connectivity index is 1.46. The van der Waals surface area contributed by atoms with Gasteiger partial charge in [-0.25, -0.2) is 0 Å². The maximum absolute atomic E-state index is 12.0. The van der Waals surface area contributed by atoms with E-state index in [1.165, 1.54) is 11.1 Å². The Labute approximate surface area is 135 Å². The zero-order valence-corrected chi connectivity index (χ0v) is 13.6. The summed E-state index contributed by atoms with van der Waals surface area (Å²) in [6.45, 7) is 6.41. The monoisotopic (exact) mass is 314 g/mol. The standard InChI is InChI=1S/C17H22N4O2/c1-11(2)17-20-16(23-21-17)6-5-15(22)19-8-12-3-4-13-9-18-10-14(13)7-12/h3-4,7,11,18H,5-6,8-10H2,1-2H3,(H,19,22). The van der Waals surface area contributed by atoms with Gasteiger partial charge >= 0.3 is 0 Å². The molecule has 0 fully saturated rings. The number of carbonyl (C=O) groups is 1. The molecule has 1 aromatic carbocycles. The molecular weight excluding hydrogens is 292 g/mol. The fourth-order valence-electron chi connectivity index (χ4n) is 2.57. The molecule has 3 rings (SSSR count). The maximum Gasteiger partial charge on any atom is 0.227 e. The first-order chi connectivity index (χ1) is 11.1. The summed E-state index contributed by atoms with van der Waals surface area (Å²) in [5.74, 6) is 1.43. The molecule has 2 aromatic rings. The molecule has 0 spiro atoms. The molecule has 0 radical (unpaired) electrons. The van der Waals surface area contributed by atoms with Crippen molar-refractivity contribution in [1.82, 2.24) is 20.8 Å². The van der Waals surface area contributed by atoms with Gasteiger partial charge in [0.15, 0.2) is 5.82 Å². The summed E-state index contributed by atoms with van der Waals surface area (Å²) in [7, 11) is 0. The fourth-order valence-corrected chi connectivity index (χ4v) is 2.57. The first-order valence-corrected chi connectivity index (χ1v) is 8.02. The second-order valence-corrected chi connectivity index (χ2v) is 6.18. The molecule has 2 heterocycles. The van der Waals surface area contributed by atoms with E-state index in [2.05, 4.69) is 39.0 Å². The Morgan fingerprint density at radius 2 is 2.17 bits per heavy atom. The zero-order chi connectivity index (χ0) is 16.2. The van der Waals surface area contributed by atoms with E-state index in [1.807, 2.05) is 13.8 Å². The third-order valence-electron chi connectivity index (χ3n) is 3.96. The highest BCUT2D eigenvalue weighted by Gasteiger charge is 2.12. The van der Waals surface area contributed by atoms with E-state index in [1.54, 1.807) is 0 Å². The number of amides is 1. The maximum atomic E-state index is 12.0. The average molecular weight is 314 g/mol. The lowest BCUT2D eigenvalue weighted by Crippen LogP contribution is -2.23. The molecule has 1 aliphatic heterocycles. The number of benzene rings is 1. The Morgan fingerprint density at radius 3 is 2.96 bits per heavy atom. The first kappa shape index (κ1) is 15.7. The Bertz CT molecular complexity index is 694. The van der Waals surface area contributed by atoms with Gasteiger partial charge in [0.2, 0.25) is 11.8 Å². The van der Waals surface area contributed by atoms with E-state index in [0.29, 0.717) is 31.1 Å². The molecular formula is C17H22N4O2. The summed E-state index contributed by atoms with van der Waals surface area (Å²) in [4.78, 5) is 16.2. The molecule has 6 heteroatoms. The van der Waals surface area contributed by atoms with Crippen molar-refractivity contribution in [2.75, 3.05) is 0 Å². The van der Waals surface area contributed by atoms with Crippen LogP contribution >= 0.6 is 0 Å². The molecule has 122 valence electrons. The molecule has 0 aliphatic carbocycles. The topological polar surface area (TPSA) is 80.0 Å². The highest BCUT2D eigenvalue weighted by molar-refractivity contribution is 5.76. The fraction of sp³-hybridized carbons (Fsp3) is 0.471. The van der Waals surface area contributed by atoms with Crippen LogP contribution in [0.2, 0.25) is 0 Å². The van der Waals surface area contributed by atoms with Gasteiger partial charge in [-0.1, -0.05) is 37.2 Å². The van der Waals surface area contributed by atoms with E-state index in [0.717, 1.165) is 18.7 Å². The second kappa shape index (κ2) is 6.91.